The fourth-order valence-electron chi connectivity index (χ4n) is 3.65. The smallest absolute Gasteiger partial charge is 0.227 e. The lowest BCUT2D eigenvalue weighted by molar-refractivity contribution is -0.131. The van der Waals surface area contributed by atoms with Gasteiger partial charge in [0.25, 0.3) is 0 Å². The number of anilines is 1. The molecular formula is C20H24N4O2. The highest BCUT2D eigenvalue weighted by Crippen LogP contribution is 2.27. The molecule has 0 aliphatic carbocycles. The number of aromatic nitrogens is 2. The summed E-state index contributed by atoms with van der Waals surface area (Å²) in [6, 6.07) is 9.92. The molecule has 1 fully saturated rings. The molecule has 1 aromatic heterocycles. The number of nitrogens with zero attached hydrogens (tertiary/aromatic N) is 4. The minimum atomic E-state index is 0.162. The van der Waals surface area contributed by atoms with Crippen LogP contribution in [0.3, 0.4) is 0 Å². The molecule has 0 saturated carbocycles. The highest BCUT2D eigenvalue weighted by atomic mass is 16.5. The predicted octanol–water partition coefficient (Wildman–Crippen LogP) is 1.75. The first-order chi connectivity index (χ1) is 12.7. The van der Waals surface area contributed by atoms with E-state index in [1.807, 2.05) is 42.2 Å². The molecule has 0 atom stereocenters. The summed E-state index contributed by atoms with van der Waals surface area (Å²) in [5.41, 5.74) is 3.24. The maximum absolute atomic E-state index is 12.8. The largest absolute Gasteiger partial charge is 0.378 e. The highest BCUT2D eigenvalue weighted by molar-refractivity contribution is 5.79. The lowest BCUT2D eigenvalue weighted by atomic mass is 10.0. The first-order valence-electron chi connectivity index (χ1n) is 9.21. The maximum atomic E-state index is 12.8. The average molecular weight is 352 g/mol. The van der Waals surface area contributed by atoms with Crippen LogP contribution in [0.4, 0.5) is 5.82 Å². The summed E-state index contributed by atoms with van der Waals surface area (Å²) in [4.78, 5) is 26.3. The minimum Gasteiger partial charge on any atom is -0.378 e. The normalized spacial score (nSPS) is 17.1. The number of carbonyl (C=O) groups excluding carboxylic acids is 1. The number of aryl methyl sites for hydroxylation is 1. The molecule has 1 saturated heterocycles. The topological polar surface area (TPSA) is 58.6 Å². The molecule has 0 unspecified atom stereocenters. The van der Waals surface area contributed by atoms with E-state index < -0.39 is 0 Å². The molecule has 3 heterocycles. The number of fused-ring (bicyclic) bond motifs is 1. The number of rotatable bonds is 3. The number of morpholine rings is 1. The lowest BCUT2D eigenvalue weighted by Gasteiger charge is -2.34. The van der Waals surface area contributed by atoms with Gasteiger partial charge in [0.05, 0.1) is 31.9 Å². The molecule has 0 spiro atoms. The predicted molar refractivity (Wildman–Crippen MR) is 99.1 cm³/mol. The monoisotopic (exact) mass is 352 g/mol. The summed E-state index contributed by atoms with van der Waals surface area (Å²) in [5, 5.41) is 0. The van der Waals surface area contributed by atoms with Crippen LogP contribution in [0.25, 0.3) is 0 Å². The Morgan fingerprint density at radius 3 is 2.65 bits per heavy atom. The van der Waals surface area contributed by atoms with Crippen molar-refractivity contribution < 1.29 is 9.53 Å². The SMILES string of the molecule is Cc1nc2c(c(N3CCOCC3)n1)CN(C(=O)Cc1ccccc1)CC2. The molecular weight excluding hydrogens is 328 g/mol. The number of ether oxygens (including phenoxy) is 1. The molecule has 6 nitrogen and oxygen atoms in total. The van der Waals surface area contributed by atoms with Crippen LogP contribution in [0.15, 0.2) is 30.3 Å². The van der Waals surface area contributed by atoms with E-state index in [0.29, 0.717) is 26.2 Å². The summed E-state index contributed by atoms with van der Waals surface area (Å²) in [6.45, 7) is 6.35. The summed E-state index contributed by atoms with van der Waals surface area (Å²) >= 11 is 0. The lowest BCUT2D eigenvalue weighted by Crippen LogP contribution is -2.41. The van der Waals surface area contributed by atoms with Crippen molar-refractivity contribution in [2.75, 3.05) is 37.7 Å². The Morgan fingerprint density at radius 2 is 1.88 bits per heavy atom. The Bertz CT molecular complexity index is 788. The Kier molecular flexibility index (Phi) is 4.84. The van der Waals surface area contributed by atoms with E-state index in [1.165, 1.54) is 0 Å². The quantitative estimate of drug-likeness (QED) is 0.842. The summed E-state index contributed by atoms with van der Waals surface area (Å²) in [6.07, 6.45) is 1.23. The van der Waals surface area contributed by atoms with Crippen molar-refractivity contribution in [3.8, 4) is 0 Å². The Labute approximate surface area is 153 Å². The zero-order valence-corrected chi connectivity index (χ0v) is 15.1. The van der Waals surface area contributed by atoms with Crippen LogP contribution >= 0.6 is 0 Å². The van der Waals surface area contributed by atoms with E-state index in [0.717, 1.165) is 54.5 Å². The summed E-state index contributed by atoms with van der Waals surface area (Å²) in [5.74, 6) is 1.94. The molecule has 2 aromatic rings. The van der Waals surface area contributed by atoms with Gasteiger partial charge in [-0.25, -0.2) is 9.97 Å². The van der Waals surface area contributed by atoms with E-state index >= 15 is 0 Å². The van der Waals surface area contributed by atoms with E-state index in [-0.39, 0.29) is 5.91 Å². The van der Waals surface area contributed by atoms with Crippen molar-refractivity contribution in [3.05, 3.63) is 53.0 Å². The summed E-state index contributed by atoms with van der Waals surface area (Å²) < 4.78 is 5.47. The molecule has 2 aliphatic heterocycles. The van der Waals surface area contributed by atoms with Gasteiger partial charge in [0.1, 0.15) is 11.6 Å². The first kappa shape index (κ1) is 17.0. The third-order valence-electron chi connectivity index (χ3n) is 5.01. The van der Waals surface area contributed by atoms with Crippen molar-refractivity contribution >= 4 is 11.7 Å². The van der Waals surface area contributed by atoms with Crippen molar-refractivity contribution in [1.29, 1.82) is 0 Å². The maximum Gasteiger partial charge on any atom is 0.227 e. The van der Waals surface area contributed by atoms with E-state index in [1.54, 1.807) is 0 Å². The molecule has 2 aliphatic rings. The van der Waals surface area contributed by atoms with Crippen LogP contribution in [-0.2, 0) is 28.9 Å². The van der Waals surface area contributed by atoms with Crippen molar-refractivity contribution in [3.63, 3.8) is 0 Å². The van der Waals surface area contributed by atoms with Gasteiger partial charge in [0.15, 0.2) is 0 Å². The van der Waals surface area contributed by atoms with Crippen LogP contribution in [-0.4, -0.2) is 53.6 Å². The van der Waals surface area contributed by atoms with E-state index in [2.05, 4.69) is 9.88 Å². The number of amides is 1. The summed E-state index contributed by atoms with van der Waals surface area (Å²) in [7, 11) is 0. The van der Waals surface area contributed by atoms with Gasteiger partial charge >= 0.3 is 0 Å². The van der Waals surface area contributed by atoms with Gasteiger partial charge in [0.2, 0.25) is 5.91 Å². The number of hydrogen-bond donors (Lipinski definition) is 0. The zero-order chi connectivity index (χ0) is 17.9. The van der Waals surface area contributed by atoms with Gasteiger partial charge in [-0.15, -0.1) is 0 Å². The number of hydrogen-bond acceptors (Lipinski definition) is 5. The van der Waals surface area contributed by atoms with Crippen molar-refractivity contribution in [2.45, 2.75) is 26.3 Å². The first-order valence-corrected chi connectivity index (χ1v) is 9.21. The Balaban J connectivity index is 1.56. The molecule has 1 aromatic carbocycles. The number of carbonyl (C=O) groups is 1. The van der Waals surface area contributed by atoms with Gasteiger partial charge in [0, 0.05) is 31.6 Å². The van der Waals surface area contributed by atoms with Crippen molar-refractivity contribution in [2.24, 2.45) is 0 Å². The fraction of sp³-hybridized carbons (Fsp3) is 0.450. The Hall–Kier alpha value is -2.47. The molecule has 1 amide bonds. The number of benzene rings is 1. The third-order valence-corrected chi connectivity index (χ3v) is 5.01. The molecule has 26 heavy (non-hydrogen) atoms. The molecule has 6 heteroatoms. The molecule has 0 bridgehead atoms. The van der Waals surface area contributed by atoms with Crippen LogP contribution in [0.2, 0.25) is 0 Å². The van der Waals surface area contributed by atoms with Gasteiger partial charge in [-0.1, -0.05) is 30.3 Å². The second kappa shape index (κ2) is 7.41. The van der Waals surface area contributed by atoms with Gasteiger partial charge in [-0.05, 0) is 12.5 Å². The molecule has 4 rings (SSSR count). The minimum absolute atomic E-state index is 0.162. The molecule has 136 valence electrons. The van der Waals surface area contributed by atoms with Gasteiger partial charge < -0.3 is 14.5 Å². The van der Waals surface area contributed by atoms with E-state index in [9.17, 15) is 4.79 Å². The van der Waals surface area contributed by atoms with Crippen LogP contribution in [0.1, 0.15) is 22.6 Å². The van der Waals surface area contributed by atoms with Gasteiger partial charge in [-0.2, -0.15) is 0 Å². The second-order valence-corrected chi connectivity index (χ2v) is 6.85. The zero-order valence-electron chi connectivity index (χ0n) is 15.1. The Morgan fingerprint density at radius 1 is 1.12 bits per heavy atom. The van der Waals surface area contributed by atoms with Crippen LogP contribution in [0, 0.1) is 6.92 Å². The van der Waals surface area contributed by atoms with Crippen molar-refractivity contribution in [1.82, 2.24) is 14.9 Å². The standard InChI is InChI=1S/C20H24N4O2/c1-15-21-18-7-8-24(19(25)13-16-5-3-2-4-6-16)14-17(18)20(22-15)23-9-11-26-12-10-23/h2-6H,7-14H2,1H3. The second-order valence-electron chi connectivity index (χ2n) is 6.85. The van der Waals surface area contributed by atoms with Crippen LogP contribution in [0.5, 0.6) is 0 Å². The molecule has 0 N–H and O–H groups in total. The average Bonchev–Trinajstić information content (AvgIpc) is 2.68. The van der Waals surface area contributed by atoms with Crippen LogP contribution < -0.4 is 4.90 Å². The molecule has 0 radical (unpaired) electrons. The third kappa shape index (κ3) is 3.55. The highest BCUT2D eigenvalue weighted by Gasteiger charge is 2.27. The fourth-order valence-corrected chi connectivity index (χ4v) is 3.65. The van der Waals surface area contributed by atoms with Gasteiger partial charge in [-0.3, -0.25) is 4.79 Å². The van der Waals surface area contributed by atoms with E-state index in [4.69, 9.17) is 9.72 Å².